The Balaban J connectivity index is 1.36. The maximum atomic E-state index is 5.95. The Morgan fingerprint density at radius 1 is 0.348 bits per heavy atom. The van der Waals surface area contributed by atoms with Crippen LogP contribution in [-0.4, -0.2) is 0 Å². The van der Waals surface area contributed by atoms with E-state index in [0.29, 0.717) is 0 Å². The van der Waals surface area contributed by atoms with Crippen molar-refractivity contribution in [3.05, 3.63) is 129 Å². The number of hydrogen-bond donors (Lipinski definition) is 2. The fourth-order valence-electron chi connectivity index (χ4n) is 6.69. The first kappa shape index (κ1) is 35.3. The minimum absolute atomic E-state index is 0.836. The van der Waals surface area contributed by atoms with Crippen LogP contribution in [0.25, 0.3) is 0 Å². The van der Waals surface area contributed by atoms with Crippen LogP contribution in [-0.2, 0) is 38.5 Å². The third-order valence-corrected chi connectivity index (χ3v) is 9.57. The zero-order chi connectivity index (χ0) is 32.4. The molecule has 4 aromatic carbocycles. The zero-order valence-corrected chi connectivity index (χ0v) is 29.0. The minimum atomic E-state index is 0.836. The molecule has 4 rings (SSSR count). The third kappa shape index (κ3) is 12.3. The molecule has 0 heterocycles. The lowest BCUT2D eigenvalue weighted by molar-refractivity contribution is 0.630. The highest BCUT2D eigenvalue weighted by atomic mass is 14.5. The summed E-state index contributed by atoms with van der Waals surface area (Å²) in [5.41, 5.74) is 25.3. The molecule has 2 nitrogen and oxygen atoms in total. The van der Waals surface area contributed by atoms with E-state index < -0.39 is 0 Å². The zero-order valence-electron chi connectivity index (χ0n) is 29.0. The summed E-state index contributed by atoms with van der Waals surface area (Å²) in [6.45, 7) is 4.59. The van der Waals surface area contributed by atoms with Crippen molar-refractivity contribution in [1.82, 2.24) is 0 Å². The first-order chi connectivity index (χ1) is 22.5. The van der Waals surface area contributed by atoms with Gasteiger partial charge in [-0.25, -0.2) is 0 Å². The average Bonchev–Trinajstić information content (AvgIpc) is 3.07. The van der Waals surface area contributed by atoms with Crippen molar-refractivity contribution in [3.8, 4) is 0 Å². The third-order valence-electron chi connectivity index (χ3n) is 9.57. The van der Waals surface area contributed by atoms with Gasteiger partial charge in [0.1, 0.15) is 0 Å². The van der Waals surface area contributed by atoms with Gasteiger partial charge < -0.3 is 11.5 Å². The summed E-state index contributed by atoms with van der Waals surface area (Å²) < 4.78 is 0. The van der Waals surface area contributed by atoms with Gasteiger partial charge in [0, 0.05) is 11.4 Å². The van der Waals surface area contributed by atoms with Crippen molar-refractivity contribution in [3.63, 3.8) is 0 Å². The fourth-order valence-corrected chi connectivity index (χ4v) is 6.69. The van der Waals surface area contributed by atoms with Crippen LogP contribution in [0.15, 0.2) is 84.9 Å². The SMILES string of the molecule is CCCCCCCc1cc(CCCCc2ccc(Cc3ccc(N)cc3)c(CCCCCCC)c2)ccc1Cc1ccc(N)cc1. The maximum Gasteiger partial charge on any atom is 0.0314 e. The van der Waals surface area contributed by atoms with Crippen LogP contribution in [0.4, 0.5) is 11.4 Å². The normalized spacial score (nSPS) is 11.3. The summed E-state index contributed by atoms with van der Waals surface area (Å²) in [5, 5.41) is 0. The molecule has 0 saturated heterocycles. The van der Waals surface area contributed by atoms with Gasteiger partial charge in [0.15, 0.2) is 0 Å². The molecule has 246 valence electrons. The number of nitrogen functional groups attached to an aromatic ring is 2. The van der Waals surface area contributed by atoms with Crippen LogP contribution in [0.1, 0.15) is 135 Å². The summed E-state index contributed by atoms with van der Waals surface area (Å²) in [6, 6.07) is 31.4. The van der Waals surface area contributed by atoms with Crippen molar-refractivity contribution < 1.29 is 0 Å². The molecule has 46 heavy (non-hydrogen) atoms. The topological polar surface area (TPSA) is 52.0 Å². The Morgan fingerprint density at radius 2 is 0.696 bits per heavy atom. The van der Waals surface area contributed by atoms with Crippen LogP contribution in [0.2, 0.25) is 0 Å². The van der Waals surface area contributed by atoms with Gasteiger partial charge in [0.25, 0.3) is 0 Å². The highest BCUT2D eigenvalue weighted by molar-refractivity contribution is 5.43. The quantitative estimate of drug-likeness (QED) is 0.0723. The number of hydrogen-bond acceptors (Lipinski definition) is 2. The van der Waals surface area contributed by atoms with Gasteiger partial charge in [-0.2, -0.15) is 0 Å². The van der Waals surface area contributed by atoms with Crippen LogP contribution in [0.3, 0.4) is 0 Å². The standard InChI is InChI=1S/C44H60N2/c1-3-5-7-9-11-17-39-31-35(19-25-41(39)33-37-21-27-43(45)28-22-37)15-13-14-16-36-20-26-42(34-38-23-29-44(46)30-24-38)40(32-36)18-12-10-8-6-4-2/h19-32H,3-18,33-34,45-46H2,1-2H3. The van der Waals surface area contributed by atoms with Gasteiger partial charge in [-0.3, -0.25) is 0 Å². The summed E-state index contributed by atoms with van der Waals surface area (Å²) >= 11 is 0. The molecule has 0 unspecified atom stereocenters. The van der Waals surface area contributed by atoms with Crippen LogP contribution in [0, 0.1) is 0 Å². The molecule has 4 aromatic rings. The number of anilines is 2. The van der Waals surface area contributed by atoms with Crippen LogP contribution < -0.4 is 11.5 Å². The second kappa shape index (κ2) is 19.9. The molecule has 2 heteroatoms. The smallest absolute Gasteiger partial charge is 0.0314 e. The largest absolute Gasteiger partial charge is 0.399 e. The Hall–Kier alpha value is -3.52. The Kier molecular flexibility index (Phi) is 15.3. The number of benzene rings is 4. The summed E-state index contributed by atoms with van der Waals surface area (Å²) in [4.78, 5) is 0. The van der Waals surface area contributed by atoms with Crippen molar-refractivity contribution in [2.45, 2.75) is 129 Å². The second-order valence-corrected chi connectivity index (χ2v) is 13.6. The lowest BCUT2D eigenvalue weighted by Gasteiger charge is -2.14. The summed E-state index contributed by atoms with van der Waals surface area (Å²) in [5.74, 6) is 0. The molecule has 0 aliphatic carbocycles. The van der Waals surface area contributed by atoms with Gasteiger partial charge >= 0.3 is 0 Å². The van der Waals surface area contributed by atoms with Crippen molar-refractivity contribution in [2.75, 3.05) is 11.5 Å². The van der Waals surface area contributed by atoms with E-state index in [1.807, 2.05) is 24.3 Å². The molecule has 0 spiro atoms. The predicted molar refractivity (Wildman–Crippen MR) is 202 cm³/mol. The lowest BCUT2D eigenvalue weighted by atomic mass is 9.91. The molecule has 0 aliphatic rings. The highest BCUT2D eigenvalue weighted by Gasteiger charge is 2.09. The van der Waals surface area contributed by atoms with E-state index in [4.69, 9.17) is 11.5 Å². The predicted octanol–water partition coefficient (Wildman–Crippen LogP) is 11.6. The molecule has 0 aromatic heterocycles. The van der Waals surface area contributed by atoms with Gasteiger partial charge in [-0.15, -0.1) is 0 Å². The number of unbranched alkanes of at least 4 members (excludes halogenated alkanes) is 9. The maximum absolute atomic E-state index is 5.95. The molecule has 0 fully saturated rings. The second-order valence-electron chi connectivity index (χ2n) is 13.6. The Bertz CT molecular complexity index is 1310. The van der Waals surface area contributed by atoms with E-state index in [0.717, 1.165) is 37.1 Å². The van der Waals surface area contributed by atoms with E-state index in [1.54, 1.807) is 11.1 Å². The molecule has 0 aliphatic heterocycles. The highest BCUT2D eigenvalue weighted by Crippen LogP contribution is 2.24. The number of aryl methyl sites for hydroxylation is 4. The van der Waals surface area contributed by atoms with E-state index >= 15 is 0 Å². The van der Waals surface area contributed by atoms with Gasteiger partial charge in [-0.05, 0) is 133 Å². The van der Waals surface area contributed by atoms with Gasteiger partial charge in [0.05, 0.1) is 0 Å². The molecule has 0 saturated carbocycles. The van der Waals surface area contributed by atoms with Crippen molar-refractivity contribution in [1.29, 1.82) is 0 Å². The Morgan fingerprint density at radius 3 is 1.09 bits per heavy atom. The van der Waals surface area contributed by atoms with Gasteiger partial charge in [0.2, 0.25) is 0 Å². The molecular weight excluding hydrogens is 556 g/mol. The monoisotopic (exact) mass is 616 g/mol. The molecular formula is C44H60N2. The lowest BCUT2D eigenvalue weighted by Crippen LogP contribution is -2.00. The minimum Gasteiger partial charge on any atom is -0.399 e. The van der Waals surface area contributed by atoms with E-state index in [1.165, 1.54) is 123 Å². The molecule has 0 radical (unpaired) electrons. The van der Waals surface area contributed by atoms with Gasteiger partial charge in [-0.1, -0.05) is 126 Å². The van der Waals surface area contributed by atoms with Crippen LogP contribution >= 0.6 is 0 Å². The van der Waals surface area contributed by atoms with Crippen molar-refractivity contribution in [2.24, 2.45) is 0 Å². The Labute approximate surface area is 281 Å². The molecule has 0 atom stereocenters. The fraction of sp³-hybridized carbons (Fsp3) is 0.455. The summed E-state index contributed by atoms with van der Waals surface area (Å²) in [6.07, 6.45) is 22.4. The van der Waals surface area contributed by atoms with E-state index in [9.17, 15) is 0 Å². The average molecular weight is 617 g/mol. The first-order valence-electron chi connectivity index (χ1n) is 18.4. The van der Waals surface area contributed by atoms with Crippen molar-refractivity contribution >= 4 is 11.4 Å². The molecule has 0 amide bonds. The molecule has 0 bridgehead atoms. The number of rotatable bonds is 21. The van der Waals surface area contributed by atoms with Crippen LogP contribution in [0.5, 0.6) is 0 Å². The van der Waals surface area contributed by atoms with E-state index in [-0.39, 0.29) is 0 Å². The molecule has 4 N–H and O–H groups in total. The first-order valence-corrected chi connectivity index (χ1v) is 18.4. The van der Waals surface area contributed by atoms with E-state index in [2.05, 4.69) is 74.5 Å². The summed E-state index contributed by atoms with van der Waals surface area (Å²) in [7, 11) is 0. The number of nitrogens with two attached hydrogens (primary N) is 2.